The fourth-order valence-corrected chi connectivity index (χ4v) is 3.26. The van der Waals surface area contributed by atoms with E-state index in [-0.39, 0.29) is 11.8 Å². The lowest BCUT2D eigenvalue weighted by atomic mass is 10.3. The Morgan fingerprint density at radius 2 is 2.38 bits per heavy atom. The minimum absolute atomic E-state index is 0.0368. The van der Waals surface area contributed by atoms with E-state index < -0.39 is 0 Å². The summed E-state index contributed by atoms with van der Waals surface area (Å²) in [6.07, 6.45) is 7.37. The van der Waals surface area contributed by atoms with Gasteiger partial charge in [-0.3, -0.25) is 4.79 Å². The Balaban J connectivity index is 2.20. The highest BCUT2D eigenvalue weighted by Crippen LogP contribution is 2.31. The molecule has 0 bridgehead atoms. The minimum atomic E-state index is -0.0368. The van der Waals surface area contributed by atoms with Gasteiger partial charge in [-0.25, -0.2) is 0 Å². The molecule has 1 amide bonds. The van der Waals surface area contributed by atoms with E-state index in [0.29, 0.717) is 18.0 Å². The van der Waals surface area contributed by atoms with Crippen LogP contribution in [0.25, 0.3) is 10.2 Å². The Labute approximate surface area is 127 Å². The van der Waals surface area contributed by atoms with Gasteiger partial charge in [0, 0.05) is 5.92 Å². The molecule has 1 saturated carbocycles. The topological polar surface area (TPSA) is 43.6 Å². The summed E-state index contributed by atoms with van der Waals surface area (Å²) in [5, 5.41) is 0. The summed E-state index contributed by atoms with van der Waals surface area (Å²) >= 11 is 1.48. The third-order valence-electron chi connectivity index (χ3n) is 3.35. The maximum Gasteiger partial charge on any atom is 0.251 e. The van der Waals surface area contributed by atoms with Gasteiger partial charge in [-0.1, -0.05) is 23.3 Å². The molecule has 1 aromatic heterocycles. The van der Waals surface area contributed by atoms with Crippen LogP contribution in [0.5, 0.6) is 5.75 Å². The summed E-state index contributed by atoms with van der Waals surface area (Å²) in [5.74, 6) is 3.49. The van der Waals surface area contributed by atoms with Crippen LogP contribution in [-0.2, 0) is 11.3 Å². The fourth-order valence-electron chi connectivity index (χ4n) is 2.21. The van der Waals surface area contributed by atoms with Crippen molar-refractivity contribution in [2.75, 3.05) is 6.61 Å². The molecule has 2 aromatic rings. The number of carbonyl (C=O) groups excluding carboxylic acids is 1. The van der Waals surface area contributed by atoms with Gasteiger partial charge >= 0.3 is 0 Å². The normalized spacial score (nSPS) is 15.1. The van der Waals surface area contributed by atoms with Gasteiger partial charge in [-0.05, 0) is 31.9 Å². The van der Waals surface area contributed by atoms with Gasteiger partial charge < -0.3 is 9.30 Å². The molecule has 1 aliphatic carbocycles. The van der Waals surface area contributed by atoms with Crippen molar-refractivity contribution in [1.82, 2.24) is 4.57 Å². The lowest BCUT2D eigenvalue weighted by molar-refractivity contribution is -0.119. The number of rotatable bonds is 4. The molecule has 0 saturated heterocycles. The number of para-hydroxylation sites is 1. The molecule has 0 aliphatic heterocycles. The van der Waals surface area contributed by atoms with Gasteiger partial charge in [0.2, 0.25) is 0 Å². The molecule has 5 heteroatoms. The van der Waals surface area contributed by atoms with E-state index in [4.69, 9.17) is 11.2 Å². The van der Waals surface area contributed by atoms with Gasteiger partial charge in [0.15, 0.2) is 4.80 Å². The molecule has 4 nitrogen and oxygen atoms in total. The quantitative estimate of drug-likeness (QED) is 0.815. The number of carbonyl (C=O) groups is 1. The number of ether oxygens (including phenoxy) is 1. The molecule has 1 heterocycles. The molecule has 108 valence electrons. The number of nitrogens with zero attached hydrogens (tertiary/aromatic N) is 2. The van der Waals surface area contributed by atoms with Crippen molar-refractivity contribution in [3.8, 4) is 18.1 Å². The fraction of sp³-hybridized carbons (Fsp3) is 0.375. The lowest BCUT2D eigenvalue weighted by Gasteiger charge is -2.07. The van der Waals surface area contributed by atoms with Crippen molar-refractivity contribution in [2.45, 2.75) is 26.3 Å². The number of terminal acetylenes is 1. The number of hydrogen-bond acceptors (Lipinski definition) is 3. The summed E-state index contributed by atoms with van der Waals surface area (Å²) in [5.41, 5.74) is 0.921. The highest BCUT2D eigenvalue weighted by Gasteiger charge is 2.29. The molecule has 21 heavy (non-hydrogen) atoms. The van der Waals surface area contributed by atoms with E-state index in [1.165, 1.54) is 11.3 Å². The lowest BCUT2D eigenvalue weighted by Crippen LogP contribution is -2.17. The van der Waals surface area contributed by atoms with Crippen LogP contribution in [0, 0.1) is 18.3 Å². The third-order valence-corrected chi connectivity index (χ3v) is 4.39. The average Bonchev–Trinajstić information content (AvgIpc) is 3.25. The smallest absolute Gasteiger partial charge is 0.251 e. The van der Waals surface area contributed by atoms with E-state index in [1.54, 1.807) is 0 Å². The zero-order chi connectivity index (χ0) is 14.8. The molecule has 0 atom stereocenters. The SMILES string of the molecule is C#CCn1c(=NC(=O)C2CC2)sc2cccc(OCC)c21. The van der Waals surface area contributed by atoms with E-state index in [2.05, 4.69) is 10.9 Å². The largest absolute Gasteiger partial charge is 0.492 e. The van der Waals surface area contributed by atoms with E-state index >= 15 is 0 Å². The summed E-state index contributed by atoms with van der Waals surface area (Å²) < 4.78 is 8.60. The van der Waals surface area contributed by atoms with Crippen molar-refractivity contribution >= 4 is 27.5 Å². The Hall–Kier alpha value is -2.06. The number of aromatic nitrogens is 1. The Bertz CT molecular complexity index is 791. The zero-order valence-electron chi connectivity index (χ0n) is 11.8. The van der Waals surface area contributed by atoms with E-state index in [1.807, 2.05) is 29.7 Å². The monoisotopic (exact) mass is 300 g/mol. The first-order chi connectivity index (χ1) is 10.2. The first-order valence-corrected chi connectivity index (χ1v) is 7.83. The summed E-state index contributed by atoms with van der Waals surface area (Å²) in [4.78, 5) is 16.9. The number of thiazole rings is 1. The molecule has 3 rings (SSSR count). The van der Waals surface area contributed by atoms with Crippen molar-refractivity contribution in [3.63, 3.8) is 0 Å². The molecule has 1 fully saturated rings. The number of fused-ring (bicyclic) bond motifs is 1. The molecule has 1 aromatic carbocycles. The second kappa shape index (κ2) is 5.74. The van der Waals surface area contributed by atoms with Gasteiger partial charge in [0.1, 0.15) is 11.3 Å². The number of benzene rings is 1. The predicted octanol–water partition coefficient (Wildman–Crippen LogP) is 2.57. The van der Waals surface area contributed by atoms with E-state index in [9.17, 15) is 4.79 Å². The number of hydrogen-bond donors (Lipinski definition) is 0. The van der Waals surface area contributed by atoms with Crippen molar-refractivity contribution in [3.05, 3.63) is 23.0 Å². The molecule has 0 N–H and O–H groups in total. The standard InChI is InChI=1S/C16H16N2O2S/c1-3-10-18-14-12(20-4-2)6-5-7-13(14)21-16(18)17-15(19)11-8-9-11/h1,5-7,11H,4,8-10H2,2H3. The summed E-state index contributed by atoms with van der Waals surface area (Å²) in [6, 6.07) is 5.85. The molecule has 0 spiro atoms. The van der Waals surface area contributed by atoms with Gasteiger partial charge in [-0.2, -0.15) is 4.99 Å². The Morgan fingerprint density at radius 3 is 3.05 bits per heavy atom. The van der Waals surface area contributed by atoms with Crippen LogP contribution in [0.3, 0.4) is 0 Å². The second-order valence-electron chi connectivity index (χ2n) is 4.94. The van der Waals surface area contributed by atoms with Gasteiger partial charge in [0.05, 0.1) is 17.9 Å². The molecular weight excluding hydrogens is 284 g/mol. The first kappa shape index (κ1) is 13.9. The second-order valence-corrected chi connectivity index (χ2v) is 5.94. The van der Waals surface area contributed by atoms with Crippen LogP contribution >= 0.6 is 11.3 Å². The molecule has 1 aliphatic rings. The van der Waals surface area contributed by atoms with Crippen molar-refractivity contribution in [1.29, 1.82) is 0 Å². The number of amides is 1. The van der Waals surface area contributed by atoms with Crippen LogP contribution < -0.4 is 9.54 Å². The molecule has 0 unspecified atom stereocenters. The van der Waals surface area contributed by atoms with Crippen LogP contribution in [-0.4, -0.2) is 17.1 Å². The maximum atomic E-state index is 12.0. The predicted molar refractivity (Wildman–Crippen MR) is 83.1 cm³/mol. The zero-order valence-corrected chi connectivity index (χ0v) is 12.7. The van der Waals surface area contributed by atoms with Crippen LogP contribution in [0.2, 0.25) is 0 Å². The average molecular weight is 300 g/mol. The highest BCUT2D eigenvalue weighted by molar-refractivity contribution is 7.16. The van der Waals surface area contributed by atoms with Crippen molar-refractivity contribution < 1.29 is 9.53 Å². The summed E-state index contributed by atoms with van der Waals surface area (Å²) in [7, 11) is 0. The third kappa shape index (κ3) is 2.72. The minimum Gasteiger partial charge on any atom is -0.492 e. The van der Waals surface area contributed by atoms with Crippen LogP contribution in [0.1, 0.15) is 19.8 Å². The van der Waals surface area contributed by atoms with E-state index in [0.717, 1.165) is 28.8 Å². The van der Waals surface area contributed by atoms with Crippen LogP contribution in [0.15, 0.2) is 23.2 Å². The van der Waals surface area contributed by atoms with Crippen molar-refractivity contribution in [2.24, 2.45) is 10.9 Å². The Morgan fingerprint density at radius 1 is 1.57 bits per heavy atom. The molecular formula is C16H16N2O2S. The first-order valence-electron chi connectivity index (χ1n) is 7.01. The van der Waals surface area contributed by atoms with Gasteiger partial charge in [-0.15, -0.1) is 6.42 Å². The Kier molecular flexibility index (Phi) is 3.80. The molecule has 0 radical (unpaired) electrons. The maximum absolute atomic E-state index is 12.0. The highest BCUT2D eigenvalue weighted by atomic mass is 32.1. The van der Waals surface area contributed by atoms with Gasteiger partial charge in [0.25, 0.3) is 5.91 Å². The van der Waals surface area contributed by atoms with Crippen LogP contribution in [0.4, 0.5) is 0 Å². The summed E-state index contributed by atoms with van der Waals surface area (Å²) in [6.45, 7) is 2.90.